The third-order valence-corrected chi connectivity index (χ3v) is 11.6. The van der Waals surface area contributed by atoms with Gasteiger partial charge in [-0.25, -0.2) is 4.44 Å². The summed E-state index contributed by atoms with van der Waals surface area (Å²) < 4.78 is 2.80. The van der Waals surface area contributed by atoms with Crippen molar-refractivity contribution in [2.75, 3.05) is 6.54 Å². The second-order valence-corrected chi connectivity index (χ2v) is 14.0. The molecule has 4 rings (SSSR count). The molecule has 0 N–H and O–H groups in total. The number of nitrogens with zero attached hydrogens (tertiary/aromatic N) is 1. The van der Waals surface area contributed by atoms with Crippen molar-refractivity contribution in [3.05, 3.63) is 145 Å². The van der Waals surface area contributed by atoms with E-state index < -0.39 is 16.1 Å². The van der Waals surface area contributed by atoms with Gasteiger partial charge in [-0.05, 0) is 54.8 Å². The molecule has 0 aliphatic carbocycles. The Hall–Kier alpha value is -2.82. The van der Waals surface area contributed by atoms with E-state index in [9.17, 15) is 0 Å². The Balaban J connectivity index is 1.84. The van der Waals surface area contributed by atoms with Crippen LogP contribution in [0, 0.1) is 0 Å². The highest BCUT2D eigenvalue weighted by Crippen LogP contribution is 2.54. The molecule has 0 fully saturated rings. The summed E-state index contributed by atoms with van der Waals surface area (Å²) in [6.45, 7) is 7.56. The fourth-order valence-electron chi connectivity index (χ4n) is 4.29. The molecule has 0 heterocycles. The maximum absolute atomic E-state index is 2.80. The first kappa shape index (κ1) is 27.2. The molecule has 0 radical (unpaired) electrons. The molecular weight excluding hydrogens is 484 g/mol. The Labute approximate surface area is 226 Å². The maximum Gasteiger partial charge on any atom is 0.0326 e. The minimum absolute atomic E-state index is 0.749. The monoisotopic (exact) mass is 521 g/mol. The number of allylic oxidation sites excluding steroid dienone is 3. The van der Waals surface area contributed by atoms with E-state index in [1.165, 1.54) is 32.4 Å². The molecule has 0 bridgehead atoms. The van der Waals surface area contributed by atoms with Crippen LogP contribution in [0.1, 0.15) is 33.6 Å². The predicted octanol–water partition coefficient (Wildman–Crippen LogP) is 8.08. The van der Waals surface area contributed by atoms with Gasteiger partial charge in [0, 0.05) is 22.7 Å². The van der Waals surface area contributed by atoms with Crippen molar-refractivity contribution in [3.8, 4) is 0 Å². The van der Waals surface area contributed by atoms with Crippen LogP contribution < -0.4 is 21.2 Å². The van der Waals surface area contributed by atoms with Gasteiger partial charge in [0.25, 0.3) is 0 Å². The highest BCUT2D eigenvalue weighted by Gasteiger charge is 2.30. The first-order chi connectivity index (χ1) is 18.1. The predicted molar refractivity (Wildman–Crippen MR) is 167 cm³/mol. The third-order valence-electron chi connectivity index (χ3n) is 6.16. The Bertz CT molecular complexity index is 1100. The summed E-state index contributed by atoms with van der Waals surface area (Å²) in [6, 6.07) is 44.4. The average molecular weight is 522 g/mol. The van der Waals surface area contributed by atoms with Gasteiger partial charge in [-0.2, -0.15) is 0 Å². The summed E-state index contributed by atoms with van der Waals surface area (Å²) in [5.41, 5.74) is 2.84. The van der Waals surface area contributed by atoms with Gasteiger partial charge in [0.15, 0.2) is 0 Å². The number of hydrogen-bond acceptors (Lipinski definition) is 1. The van der Waals surface area contributed by atoms with Gasteiger partial charge >= 0.3 is 0 Å². The molecule has 0 aliphatic rings. The van der Waals surface area contributed by atoms with E-state index in [4.69, 9.17) is 0 Å². The molecule has 0 amide bonds. The lowest BCUT2D eigenvalue weighted by Gasteiger charge is -2.38. The van der Waals surface area contributed by atoms with Crippen molar-refractivity contribution >= 4 is 37.4 Å². The van der Waals surface area contributed by atoms with E-state index >= 15 is 0 Å². The minimum atomic E-state index is -0.749. The second kappa shape index (κ2) is 14.2. The topological polar surface area (TPSA) is 3.24 Å². The number of hydrogen-bond donors (Lipinski definition) is 0. The van der Waals surface area contributed by atoms with Crippen molar-refractivity contribution in [1.29, 1.82) is 0 Å². The number of benzene rings is 4. The summed E-state index contributed by atoms with van der Waals surface area (Å²) in [6.07, 6.45) is 7.02. The molecule has 0 atom stereocenters. The van der Waals surface area contributed by atoms with Crippen LogP contribution in [0.15, 0.2) is 145 Å². The summed E-state index contributed by atoms with van der Waals surface area (Å²) >= 11 is 0. The normalized spacial score (nSPS) is 11.8. The van der Waals surface area contributed by atoms with Crippen LogP contribution in [0.25, 0.3) is 0 Å². The van der Waals surface area contributed by atoms with Gasteiger partial charge < -0.3 is 0 Å². The Kier molecular flexibility index (Phi) is 10.5. The van der Waals surface area contributed by atoms with Crippen LogP contribution in [0.5, 0.6) is 0 Å². The van der Waals surface area contributed by atoms with Crippen LogP contribution in [0.3, 0.4) is 0 Å². The highest BCUT2D eigenvalue weighted by molar-refractivity contribution is 7.84. The van der Waals surface area contributed by atoms with Crippen molar-refractivity contribution in [1.82, 2.24) is 4.44 Å². The highest BCUT2D eigenvalue weighted by atomic mass is 31.2. The van der Waals surface area contributed by atoms with Crippen LogP contribution in [-0.4, -0.2) is 11.0 Å². The molecule has 3 heteroatoms. The third kappa shape index (κ3) is 7.83. The van der Waals surface area contributed by atoms with Gasteiger partial charge in [0.2, 0.25) is 0 Å². The van der Waals surface area contributed by atoms with Crippen molar-refractivity contribution < 1.29 is 0 Å². The zero-order valence-electron chi connectivity index (χ0n) is 22.2. The van der Waals surface area contributed by atoms with E-state index in [0.717, 1.165) is 19.4 Å². The SMILES string of the molecule is CC(C)=CCCC(C)=CCN(P(c1ccccc1)c1ccccc1)P(c1ccccc1)c1ccccc1. The lowest BCUT2D eigenvalue weighted by Crippen LogP contribution is -2.32. The molecule has 0 saturated heterocycles. The van der Waals surface area contributed by atoms with Crippen LogP contribution in [0.2, 0.25) is 0 Å². The smallest absolute Gasteiger partial charge is 0.0326 e. The van der Waals surface area contributed by atoms with E-state index in [-0.39, 0.29) is 0 Å². The standard InChI is InChI=1S/C34H37NP2/c1-29(2)17-16-18-30(3)27-28-35(36(31-19-8-4-9-20-31)32-21-10-5-11-22-32)37(33-23-12-6-13-24-33)34-25-14-7-15-26-34/h4-15,17,19-27H,16,18,28H2,1-3H3. The fourth-order valence-corrected chi connectivity index (χ4v) is 10.2. The Morgan fingerprint density at radius 1 is 0.541 bits per heavy atom. The zero-order valence-corrected chi connectivity index (χ0v) is 24.0. The van der Waals surface area contributed by atoms with E-state index in [1.807, 2.05) is 0 Å². The summed E-state index contributed by atoms with van der Waals surface area (Å²) in [4.78, 5) is 0. The number of rotatable bonds is 11. The molecule has 0 aliphatic heterocycles. The quantitative estimate of drug-likeness (QED) is 0.142. The molecule has 37 heavy (non-hydrogen) atoms. The van der Waals surface area contributed by atoms with Gasteiger partial charge in [-0.1, -0.05) is 145 Å². The molecule has 0 saturated carbocycles. The molecule has 4 aromatic rings. The van der Waals surface area contributed by atoms with Gasteiger partial charge in [-0.15, -0.1) is 0 Å². The molecule has 188 valence electrons. The molecule has 0 aromatic heterocycles. The molecular formula is C34H37NP2. The van der Waals surface area contributed by atoms with Crippen LogP contribution in [0.4, 0.5) is 0 Å². The summed E-state index contributed by atoms with van der Waals surface area (Å²) in [5.74, 6) is 0. The first-order valence-corrected chi connectivity index (χ1v) is 15.6. The van der Waals surface area contributed by atoms with Crippen molar-refractivity contribution in [3.63, 3.8) is 0 Å². The summed E-state index contributed by atoms with van der Waals surface area (Å²) in [7, 11) is -1.50. The van der Waals surface area contributed by atoms with Crippen LogP contribution in [-0.2, 0) is 0 Å². The molecule has 0 unspecified atom stereocenters. The Morgan fingerprint density at radius 2 is 0.892 bits per heavy atom. The van der Waals surface area contributed by atoms with E-state index in [0.29, 0.717) is 0 Å². The van der Waals surface area contributed by atoms with Gasteiger partial charge in [-0.3, -0.25) is 0 Å². The molecule has 1 nitrogen and oxygen atoms in total. The second-order valence-electron chi connectivity index (χ2n) is 9.39. The largest absolute Gasteiger partial charge is 0.241 e. The lowest BCUT2D eigenvalue weighted by atomic mass is 10.1. The Morgan fingerprint density at radius 3 is 1.22 bits per heavy atom. The molecule has 0 spiro atoms. The van der Waals surface area contributed by atoms with Crippen molar-refractivity contribution in [2.45, 2.75) is 33.6 Å². The van der Waals surface area contributed by atoms with Crippen LogP contribution >= 0.6 is 16.1 Å². The molecule has 4 aromatic carbocycles. The van der Waals surface area contributed by atoms with E-state index in [1.54, 1.807) is 0 Å². The lowest BCUT2D eigenvalue weighted by molar-refractivity contribution is 0.802. The van der Waals surface area contributed by atoms with Gasteiger partial charge in [0.05, 0.1) is 0 Å². The minimum Gasteiger partial charge on any atom is -0.241 e. The van der Waals surface area contributed by atoms with E-state index in [2.05, 4.69) is 159 Å². The van der Waals surface area contributed by atoms with Crippen molar-refractivity contribution in [2.24, 2.45) is 0 Å². The summed E-state index contributed by atoms with van der Waals surface area (Å²) in [5, 5.41) is 5.55. The maximum atomic E-state index is 2.80. The first-order valence-electron chi connectivity index (χ1n) is 13.0. The average Bonchev–Trinajstić information content (AvgIpc) is 2.94. The zero-order chi connectivity index (χ0) is 25.9. The fraction of sp³-hybridized carbons (Fsp3) is 0.176. The van der Waals surface area contributed by atoms with Gasteiger partial charge in [0.1, 0.15) is 0 Å².